The topological polar surface area (TPSA) is 0 Å². The second-order valence-electron chi connectivity index (χ2n) is 0.382. The molecule has 22 valence electrons. The summed E-state index contributed by atoms with van der Waals surface area (Å²) in [4.78, 5) is 0. The van der Waals surface area contributed by atoms with Crippen molar-refractivity contribution < 1.29 is 0 Å². The summed E-state index contributed by atoms with van der Waals surface area (Å²) in [6, 6.07) is 0. The lowest BCUT2D eigenvalue weighted by Crippen LogP contribution is -1.10. The van der Waals surface area contributed by atoms with Gasteiger partial charge in [-0.1, -0.05) is 20.3 Å². The first-order valence-electron chi connectivity index (χ1n) is 0.843. The highest BCUT2D eigenvalue weighted by Crippen LogP contribution is 2.23. The van der Waals surface area contributed by atoms with Crippen molar-refractivity contribution in [3.63, 3.8) is 0 Å². The zero-order valence-corrected chi connectivity index (χ0v) is 4.37. The minimum absolute atomic E-state index is 1.43. The molecule has 3 heteroatoms. The van der Waals surface area contributed by atoms with Gasteiger partial charge in [0.25, 0.3) is 0 Å². The lowest BCUT2D eigenvalue weighted by molar-refractivity contribution is 2.97. The third kappa shape index (κ3) is 0.318. The van der Waals surface area contributed by atoms with Gasteiger partial charge in [-0.25, -0.2) is 0 Å². The molecule has 0 aliphatic heterocycles. The van der Waals surface area contributed by atoms with Gasteiger partial charge in [0.1, 0.15) is 0 Å². The molecule has 0 saturated heterocycles. The van der Waals surface area contributed by atoms with Crippen molar-refractivity contribution in [1.29, 1.82) is 0 Å². The molecule has 0 aromatic carbocycles. The van der Waals surface area contributed by atoms with E-state index in [0.29, 0.717) is 0 Å². The third-order valence-corrected chi connectivity index (χ3v) is 4.65. The Kier molecular flexibility index (Phi) is 0.818. The van der Waals surface area contributed by atoms with Crippen LogP contribution in [0.5, 0.6) is 0 Å². The Balaban J connectivity index is 3.00. The lowest BCUT2D eigenvalue weighted by Gasteiger charge is -1.65. The highest BCUT2D eigenvalue weighted by atomic mass is 33.1. The zero-order chi connectivity index (χ0) is 2.83. The average molecular weight is 108 g/mol. The van der Waals surface area contributed by atoms with Gasteiger partial charge >= 0.3 is 0 Å². The molecule has 1 rings (SSSR count). The van der Waals surface area contributed by atoms with Crippen LogP contribution in [0.2, 0.25) is 0 Å². The van der Waals surface area contributed by atoms with Gasteiger partial charge in [0, 0.05) is 12.5 Å². The molecule has 0 saturated carbocycles. The van der Waals surface area contributed by atoms with Crippen LogP contribution >= 0.6 is 27.7 Å². The largest absolute Gasteiger partial charge is 0.0782 e. The Morgan fingerprint density at radius 1 is 1.75 bits per heavy atom. The molecule has 0 unspecified atom stereocenters. The van der Waals surface area contributed by atoms with E-state index in [1.165, 1.54) is 7.37 Å². The average Bonchev–Trinajstić information content (AvgIpc) is 0.722. The Morgan fingerprint density at radius 3 is 2.00 bits per heavy atom. The first kappa shape index (κ1) is 2.83. The number of hydrogen-bond acceptors (Lipinski definition) is 2. The van der Waals surface area contributed by atoms with Gasteiger partial charge in [-0.2, -0.15) is 0 Å². The van der Waals surface area contributed by atoms with Crippen LogP contribution < -0.4 is 0 Å². The van der Waals surface area contributed by atoms with Crippen molar-refractivity contribution in [2.75, 3.05) is 0 Å². The van der Waals surface area contributed by atoms with E-state index < -0.39 is 0 Å². The standard InChI is InChI=1S/CHPS2/c1-2-4-3-1/h1H. The normalized spacial score (nSPS) is 10.0. The number of hydrogen-bond donors (Lipinski definition) is 0. The maximum absolute atomic E-state index is 2.16. The quantitative estimate of drug-likeness (QED) is 0.447. The molecule has 0 bridgehead atoms. The Morgan fingerprint density at radius 2 is 2.00 bits per heavy atom. The summed E-state index contributed by atoms with van der Waals surface area (Å²) in [5.74, 6) is 0. The maximum atomic E-state index is 2.16. The molecule has 0 amide bonds. The van der Waals surface area contributed by atoms with Crippen LogP contribution in [0.25, 0.3) is 0 Å². The molecule has 0 fully saturated rings. The summed E-state index contributed by atoms with van der Waals surface area (Å²) in [7, 11) is 5.12. The summed E-state index contributed by atoms with van der Waals surface area (Å²) in [5.41, 5.74) is 0. The maximum Gasteiger partial charge on any atom is 0.0400 e. The van der Waals surface area contributed by atoms with E-state index in [0.717, 1.165) is 0 Å². The Hall–Kier alpha value is 0.610. The summed E-state index contributed by atoms with van der Waals surface area (Å²) < 4.78 is 0. The summed E-state index contributed by atoms with van der Waals surface area (Å²) in [5, 5.41) is 2.16. The Bertz CT molecular complexity index is 47.8. The fourth-order valence-corrected chi connectivity index (χ4v) is 1.16. The fraction of sp³-hybridized carbons (Fsp3) is 0. The lowest BCUT2D eigenvalue weighted by atomic mass is 11.9. The summed E-state index contributed by atoms with van der Waals surface area (Å²) in [6.07, 6.45) is 0. The molecule has 0 aliphatic carbocycles. The van der Waals surface area contributed by atoms with Crippen LogP contribution in [0.15, 0.2) is 5.11 Å². The van der Waals surface area contributed by atoms with Gasteiger partial charge in [0.05, 0.1) is 0 Å². The SMILES string of the molecule is c1pss1. The van der Waals surface area contributed by atoms with E-state index in [1.807, 2.05) is 20.3 Å². The van der Waals surface area contributed by atoms with Crippen molar-refractivity contribution in [3.05, 3.63) is 5.11 Å². The van der Waals surface area contributed by atoms with Crippen molar-refractivity contribution in [2.24, 2.45) is 0 Å². The van der Waals surface area contributed by atoms with Gasteiger partial charge in [-0.05, 0) is 0 Å². The van der Waals surface area contributed by atoms with Crippen LogP contribution in [0, 0.1) is 0 Å². The van der Waals surface area contributed by atoms with Crippen LogP contribution in [-0.2, 0) is 0 Å². The highest BCUT2D eigenvalue weighted by molar-refractivity contribution is 8.07. The molecule has 1 heterocycles. The molecular weight excluding hydrogens is 107 g/mol. The molecular formula is CHPS2. The molecule has 0 radical (unpaired) electrons. The van der Waals surface area contributed by atoms with E-state index in [4.69, 9.17) is 0 Å². The zero-order valence-electron chi connectivity index (χ0n) is 1.84. The fourth-order valence-electron chi connectivity index (χ4n) is 0.0430. The Labute approximate surface area is 33.3 Å². The van der Waals surface area contributed by atoms with Gasteiger partial charge < -0.3 is 0 Å². The second kappa shape index (κ2) is 1.16. The molecule has 1 aromatic rings. The predicted molar refractivity (Wildman–Crippen MR) is 24.7 cm³/mol. The monoisotopic (exact) mass is 108 g/mol. The molecule has 0 atom stereocenters. The minimum Gasteiger partial charge on any atom is -0.0782 e. The van der Waals surface area contributed by atoms with Crippen LogP contribution in [0.3, 0.4) is 0 Å². The van der Waals surface area contributed by atoms with Crippen molar-refractivity contribution >= 4 is 27.7 Å². The van der Waals surface area contributed by atoms with Gasteiger partial charge in [-0.15, -0.1) is 0 Å². The van der Waals surface area contributed by atoms with E-state index >= 15 is 0 Å². The first-order valence-corrected chi connectivity index (χ1v) is 4.62. The molecule has 0 N–H and O–H groups in total. The predicted octanol–water partition coefficient (Wildman–Crippen LogP) is 2.39. The second-order valence-corrected chi connectivity index (χ2v) is 4.78. The molecule has 0 nitrogen and oxygen atoms in total. The van der Waals surface area contributed by atoms with Crippen molar-refractivity contribution in [2.45, 2.75) is 0 Å². The minimum atomic E-state index is 1.43. The van der Waals surface area contributed by atoms with E-state index in [2.05, 4.69) is 5.11 Å². The van der Waals surface area contributed by atoms with E-state index in [1.54, 1.807) is 0 Å². The third-order valence-electron chi connectivity index (χ3n) is 0.172. The van der Waals surface area contributed by atoms with Crippen LogP contribution in [0.4, 0.5) is 0 Å². The summed E-state index contributed by atoms with van der Waals surface area (Å²) in [6.45, 7) is 0. The van der Waals surface area contributed by atoms with Crippen LogP contribution in [0.1, 0.15) is 0 Å². The molecule has 0 aliphatic rings. The van der Waals surface area contributed by atoms with Gasteiger partial charge in [0.15, 0.2) is 0 Å². The van der Waals surface area contributed by atoms with E-state index in [-0.39, 0.29) is 0 Å². The molecule has 0 spiro atoms. The molecule has 4 heavy (non-hydrogen) atoms. The smallest absolute Gasteiger partial charge is 0.0400 e. The number of rotatable bonds is 0. The molecule has 1 aromatic heterocycles. The van der Waals surface area contributed by atoms with Crippen molar-refractivity contribution in [3.8, 4) is 0 Å². The van der Waals surface area contributed by atoms with Gasteiger partial charge in [-0.3, -0.25) is 0 Å². The van der Waals surface area contributed by atoms with Crippen molar-refractivity contribution in [1.82, 2.24) is 0 Å². The highest BCUT2D eigenvalue weighted by Gasteiger charge is 1.62. The van der Waals surface area contributed by atoms with E-state index in [9.17, 15) is 0 Å². The first-order chi connectivity index (χ1) is 2.00. The van der Waals surface area contributed by atoms with Crippen LogP contribution in [-0.4, -0.2) is 0 Å². The van der Waals surface area contributed by atoms with Gasteiger partial charge in [0.2, 0.25) is 0 Å². The summed E-state index contributed by atoms with van der Waals surface area (Å²) >= 11 is 0.